The fourth-order valence-electron chi connectivity index (χ4n) is 2.70. The molecule has 0 spiro atoms. The van der Waals surface area contributed by atoms with Crippen molar-refractivity contribution in [3.8, 4) is 0 Å². The number of carbonyl (C=O) groups is 1. The molecule has 8 heteroatoms. The third kappa shape index (κ3) is 5.45. The van der Waals surface area contributed by atoms with E-state index in [4.69, 9.17) is 4.74 Å². The third-order valence-electron chi connectivity index (χ3n) is 3.84. The molecular formula is C16H22F3N3O2. The van der Waals surface area contributed by atoms with Gasteiger partial charge in [0.1, 0.15) is 0 Å². The standard InChI is InChI=1S/C16H22F3N3O2/c1-12-11-22(8-3-9-24-12)7-2-5-21-15(23)13-4-6-20-10-14(13)16(17,18)19/h4,6,10,12H,2-3,5,7-9,11H2,1H3,(H,21,23). The predicted molar refractivity (Wildman–Crippen MR) is 82.7 cm³/mol. The molecule has 0 bridgehead atoms. The van der Waals surface area contributed by atoms with Gasteiger partial charge in [-0.3, -0.25) is 9.78 Å². The second kappa shape index (κ2) is 8.43. The van der Waals surface area contributed by atoms with Gasteiger partial charge < -0.3 is 15.0 Å². The molecule has 1 atom stereocenters. The first-order valence-corrected chi connectivity index (χ1v) is 8.01. The van der Waals surface area contributed by atoms with Crippen molar-refractivity contribution in [2.75, 3.05) is 32.8 Å². The molecule has 1 amide bonds. The van der Waals surface area contributed by atoms with E-state index in [9.17, 15) is 18.0 Å². The van der Waals surface area contributed by atoms with Crippen LogP contribution in [0.2, 0.25) is 0 Å². The van der Waals surface area contributed by atoms with E-state index in [1.54, 1.807) is 0 Å². The predicted octanol–water partition coefficient (Wildman–Crippen LogP) is 2.33. The summed E-state index contributed by atoms with van der Waals surface area (Å²) in [5.41, 5.74) is -1.41. The molecule has 1 saturated heterocycles. The molecule has 1 unspecified atom stereocenters. The van der Waals surface area contributed by atoms with Gasteiger partial charge in [-0.15, -0.1) is 0 Å². The summed E-state index contributed by atoms with van der Waals surface area (Å²) in [4.78, 5) is 17.7. The van der Waals surface area contributed by atoms with Crippen molar-refractivity contribution in [3.63, 3.8) is 0 Å². The van der Waals surface area contributed by atoms with E-state index in [1.807, 2.05) is 6.92 Å². The Labute approximate surface area is 139 Å². The Morgan fingerprint density at radius 2 is 2.29 bits per heavy atom. The number of alkyl halides is 3. The summed E-state index contributed by atoms with van der Waals surface area (Å²) in [6, 6.07) is 1.09. The summed E-state index contributed by atoms with van der Waals surface area (Å²) >= 11 is 0. The van der Waals surface area contributed by atoms with Crippen molar-refractivity contribution in [2.24, 2.45) is 0 Å². The molecular weight excluding hydrogens is 323 g/mol. The molecule has 0 aliphatic carbocycles. The lowest BCUT2D eigenvalue weighted by Crippen LogP contribution is -2.34. The Morgan fingerprint density at radius 1 is 1.50 bits per heavy atom. The summed E-state index contributed by atoms with van der Waals surface area (Å²) in [6.07, 6.45) is -0.930. The zero-order valence-electron chi connectivity index (χ0n) is 13.6. The van der Waals surface area contributed by atoms with E-state index in [0.717, 1.165) is 38.7 Å². The number of pyridine rings is 1. The van der Waals surface area contributed by atoms with E-state index in [2.05, 4.69) is 15.2 Å². The summed E-state index contributed by atoms with van der Waals surface area (Å²) in [5, 5.41) is 2.55. The highest BCUT2D eigenvalue weighted by Crippen LogP contribution is 2.31. The maximum absolute atomic E-state index is 12.9. The molecule has 1 aliphatic heterocycles. The van der Waals surface area contributed by atoms with Gasteiger partial charge in [-0.25, -0.2) is 0 Å². The van der Waals surface area contributed by atoms with E-state index in [-0.39, 0.29) is 6.10 Å². The zero-order chi connectivity index (χ0) is 17.6. The smallest absolute Gasteiger partial charge is 0.377 e. The number of nitrogens with zero attached hydrogens (tertiary/aromatic N) is 2. The normalized spacial score (nSPS) is 19.8. The van der Waals surface area contributed by atoms with Crippen LogP contribution in [0.15, 0.2) is 18.5 Å². The molecule has 0 aromatic carbocycles. The average Bonchev–Trinajstić information content (AvgIpc) is 2.74. The highest BCUT2D eigenvalue weighted by atomic mass is 19.4. The maximum atomic E-state index is 12.9. The lowest BCUT2D eigenvalue weighted by molar-refractivity contribution is -0.138. The molecule has 1 aromatic heterocycles. The molecule has 1 aliphatic rings. The number of hydrogen-bond donors (Lipinski definition) is 1. The number of halogens is 3. The second-order valence-corrected chi connectivity index (χ2v) is 5.86. The van der Waals surface area contributed by atoms with Gasteiger partial charge in [0.15, 0.2) is 0 Å². The minimum atomic E-state index is -4.59. The van der Waals surface area contributed by atoms with E-state index in [1.165, 1.54) is 6.20 Å². The average molecular weight is 345 g/mol. The number of carbonyl (C=O) groups excluding carboxylic acids is 1. The summed E-state index contributed by atoms with van der Waals surface area (Å²) < 4.78 is 44.2. The molecule has 5 nitrogen and oxygen atoms in total. The van der Waals surface area contributed by atoms with Crippen LogP contribution in [0.1, 0.15) is 35.7 Å². The van der Waals surface area contributed by atoms with Crippen LogP contribution in [0.3, 0.4) is 0 Å². The van der Waals surface area contributed by atoms with Crippen LogP contribution in [0.25, 0.3) is 0 Å². The monoisotopic (exact) mass is 345 g/mol. The van der Waals surface area contributed by atoms with E-state index in [0.29, 0.717) is 19.2 Å². The quantitative estimate of drug-likeness (QED) is 0.833. The van der Waals surface area contributed by atoms with Gasteiger partial charge in [-0.05, 0) is 32.4 Å². The van der Waals surface area contributed by atoms with Crippen LogP contribution >= 0.6 is 0 Å². The molecule has 1 fully saturated rings. The number of amides is 1. The van der Waals surface area contributed by atoms with Gasteiger partial charge in [0.25, 0.3) is 5.91 Å². The summed E-state index contributed by atoms with van der Waals surface area (Å²) in [7, 11) is 0. The first-order valence-electron chi connectivity index (χ1n) is 8.01. The van der Waals surface area contributed by atoms with E-state index < -0.39 is 23.2 Å². The second-order valence-electron chi connectivity index (χ2n) is 5.86. The largest absolute Gasteiger partial charge is 0.418 e. The fraction of sp³-hybridized carbons (Fsp3) is 0.625. The molecule has 24 heavy (non-hydrogen) atoms. The van der Waals surface area contributed by atoms with Crippen molar-refractivity contribution < 1.29 is 22.7 Å². The van der Waals surface area contributed by atoms with Gasteiger partial charge in [0.05, 0.1) is 17.2 Å². The highest BCUT2D eigenvalue weighted by Gasteiger charge is 2.35. The summed E-state index contributed by atoms with van der Waals surface area (Å²) in [6.45, 7) is 5.62. The fourth-order valence-corrected chi connectivity index (χ4v) is 2.70. The Bertz CT molecular complexity index is 552. The van der Waals surface area contributed by atoms with Crippen molar-refractivity contribution in [3.05, 3.63) is 29.6 Å². The first kappa shape index (κ1) is 18.7. The molecule has 0 saturated carbocycles. The number of ether oxygens (including phenoxy) is 1. The molecule has 2 rings (SSSR count). The number of aromatic nitrogens is 1. The first-order chi connectivity index (χ1) is 11.4. The van der Waals surface area contributed by atoms with Gasteiger partial charge in [0, 0.05) is 38.6 Å². The zero-order valence-corrected chi connectivity index (χ0v) is 13.6. The minimum Gasteiger partial charge on any atom is -0.377 e. The Morgan fingerprint density at radius 3 is 3.04 bits per heavy atom. The third-order valence-corrected chi connectivity index (χ3v) is 3.84. The van der Waals surface area contributed by atoms with E-state index >= 15 is 0 Å². The molecule has 134 valence electrons. The van der Waals surface area contributed by atoms with Crippen LogP contribution in [0, 0.1) is 0 Å². The summed E-state index contributed by atoms with van der Waals surface area (Å²) in [5.74, 6) is -0.725. The Balaban J connectivity index is 1.82. The Kier molecular flexibility index (Phi) is 6.56. The van der Waals surface area contributed by atoms with Crippen molar-refractivity contribution >= 4 is 5.91 Å². The van der Waals surface area contributed by atoms with Crippen molar-refractivity contribution in [2.45, 2.75) is 32.0 Å². The SMILES string of the molecule is CC1CN(CCCNC(=O)c2ccncc2C(F)(F)F)CCCO1. The number of rotatable bonds is 5. The Hall–Kier alpha value is -1.67. The number of nitrogens with one attached hydrogen (secondary N) is 1. The van der Waals surface area contributed by atoms with Crippen molar-refractivity contribution in [1.29, 1.82) is 0 Å². The van der Waals surface area contributed by atoms with Gasteiger partial charge in [-0.1, -0.05) is 0 Å². The van der Waals surface area contributed by atoms with Gasteiger partial charge in [0.2, 0.25) is 0 Å². The van der Waals surface area contributed by atoms with Crippen LogP contribution in [-0.2, 0) is 10.9 Å². The number of hydrogen-bond acceptors (Lipinski definition) is 4. The molecule has 1 N–H and O–H groups in total. The lowest BCUT2D eigenvalue weighted by Gasteiger charge is -2.21. The van der Waals surface area contributed by atoms with Crippen LogP contribution in [0.5, 0.6) is 0 Å². The lowest BCUT2D eigenvalue weighted by atomic mass is 10.1. The highest BCUT2D eigenvalue weighted by molar-refractivity contribution is 5.95. The van der Waals surface area contributed by atoms with Crippen molar-refractivity contribution in [1.82, 2.24) is 15.2 Å². The van der Waals surface area contributed by atoms with Crippen LogP contribution in [-0.4, -0.2) is 54.7 Å². The molecule has 1 aromatic rings. The molecule has 2 heterocycles. The van der Waals surface area contributed by atoms with Crippen LogP contribution in [0.4, 0.5) is 13.2 Å². The van der Waals surface area contributed by atoms with Crippen LogP contribution < -0.4 is 5.32 Å². The maximum Gasteiger partial charge on any atom is 0.418 e. The molecule has 0 radical (unpaired) electrons. The van der Waals surface area contributed by atoms with Gasteiger partial charge >= 0.3 is 6.18 Å². The van der Waals surface area contributed by atoms with Gasteiger partial charge in [-0.2, -0.15) is 13.2 Å². The topological polar surface area (TPSA) is 54.5 Å². The minimum absolute atomic E-state index is 0.174.